The lowest BCUT2D eigenvalue weighted by atomic mass is 10.2. The molecule has 0 aliphatic carbocycles. The lowest BCUT2D eigenvalue weighted by Gasteiger charge is -2.34. The minimum atomic E-state index is -0.0731. The molecule has 0 N–H and O–H groups in total. The van der Waals surface area contributed by atoms with Gasteiger partial charge in [-0.05, 0) is 42.7 Å². The molecule has 1 amide bonds. The van der Waals surface area contributed by atoms with Crippen molar-refractivity contribution in [1.29, 1.82) is 0 Å². The summed E-state index contributed by atoms with van der Waals surface area (Å²) >= 11 is 15.6. The van der Waals surface area contributed by atoms with Crippen molar-refractivity contribution in [2.45, 2.75) is 4.90 Å². The van der Waals surface area contributed by atoms with Gasteiger partial charge in [-0.2, -0.15) is 0 Å². The molecule has 2 aromatic carbocycles. The third kappa shape index (κ3) is 3.90. The largest absolute Gasteiger partial charge is 0.345 e. The Kier molecular flexibility index (Phi) is 5.50. The third-order valence-electron chi connectivity index (χ3n) is 4.58. The number of hydrogen-bond acceptors (Lipinski definition) is 5. The number of fused-ring (bicyclic) bond motifs is 1. The van der Waals surface area contributed by atoms with E-state index in [1.807, 2.05) is 4.90 Å². The molecule has 4 rings (SSSR count). The number of amides is 1. The Morgan fingerprint density at radius 3 is 2.63 bits per heavy atom. The summed E-state index contributed by atoms with van der Waals surface area (Å²) in [6.07, 6.45) is 2.07. The van der Waals surface area contributed by atoms with E-state index in [4.69, 9.17) is 28.2 Å². The van der Waals surface area contributed by atoms with Crippen molar-refractivity contribution in [2.24, 2.45) is 0 Å². The number of thiazole rings is 1. The number of piperazine rings is 1. The number of aromatic nitrogens is 1. The molecule has 1 fully saturated rings. The Morgan fingerprint density at radius 1 is 1.11 bits per heavy atom. The van der Waals surface area contributed by atoms with Gasteiger partial charge < -0.3 is 9.80 Å². The molecule has 27 heavy (non-hydrogen) atoms. The van der Waals surface area contributed by atoms with Crippen LogP contribution >= 0.6 is 46.3 Å². The number of nitrogens with zero attached hydrogens (tertiary/aromatic N) is 3. The van der Waals surface area contributed by atoms with Crippen LogP contribution in [0.4, 0.5) is 5.13 Å². The number of carbonyl (C=O) groups is 1. The van der Waals surface area contributed by atoms with E-state index in [1.165, 1.54) is 9.60 Å². The summed E-state index contributed by atoms with van der Waals surface area (Å²) in [5, 5.41) is 1.96. The summed E-state index contributed by atoms with van der Waals surface area (Å²) in [4.78, 5) is 22.8. The summed E-state index contributed by atoms with van der Waals surface area (Å²) in [6.45, 7) is 2.76. The number of carbonyl (C=O) groups excluding carboxylic acids is 1. The smallest absolute Gasteiger partial charge is 0.255 e. The van der Waals surface area contributed by atoms with Crippen LogP contribution in [0.15, 0.2) is 41.3 Å². The summed E-state index contributed by atoms with van der Waals surface area (Å²) in [6, 6.07) is 11.3. The molecule has 8 heteroatoms. The Bertz CT molecular complexity index is 1000. The first kappa shape index (κ1) is 18.9. The summed E-state index contributed by atoms with van der Waals surface area (Å²) in [7, 11) is 0. The maximum atomic E-state index is 12.8. The number of rotatable bonds is 3. The van der Waals surface area contributed by atoms with Gasteiger partial charge in [-0.15, -0.1) is 11.8 Å². The zero-order valence-corrected chi connectivity index (χ0v) is 17.8. The van der Waals surface area contributed by atoms with E-state index in [0.29, 0.717) is 28.7 Å². The number of anilines is 1. The highest BCUT2D eigenvalue weighted by Gasteiger charge is 2.25. The zero-order valence-electron chi connectivity index (χ0n) is 14.6. The fraction of sp³-hybridized carbons (Fsp3) is 0.263. The molecule has 0 bridgehead atoms. The van der Waals surface area contributed by atoms with E-state index in [2.05, 4.69) is 29.4 Å². The van der Waals surface area contributed by atoms with Crippen molar-refractivity contribution in [2.75, 3.05) is 37.3 Å². The van der Waals surface area contributed by atoms with Crippen molar-refractivity contribution in [3.63, 3.8) is 0 Å². The van der Waals surface area contributed by atoms with Crippen LogP contribution in [0.5, 0.6) is 0 Å². The average Bonchev–Trinajstić information content (AvgIpc) is 3.12. The highest BCUT2D eigenvalue weighted by Crippen LogP contribution is 2.32. The topological polar surface area (TPSA) is 36.4 Å². The number of thioether (sulfide) groups is 1. The lowest BCUT2D eigenvalue weighted by Crippen LogP contribution is -2.48. The van der Waals surface area contributed by atoms with E-state index in [9.17, 15) is 4.79 Å². The molecule has 2 heterocycles. The molecule has 0 radical (unpaired) electrons. The minimum absolute atomic E-state index is 0.0731. The van der Waals surface area contributed by atoms with Crippen LogP contribution in [-0.4, -0.2) is 48.2 Å². The van der Waals surface area contributed by atoms with Gasteiger partial charge >= 0.3 is 0 Å². The minimum Gasteiger partial charge on any atom is -0.345 e. The molecule has 1 aromatic heterocycles. The van der Waals surface area contributed by atoms with Crippen LogP contribution in [0.25, 0.3) is 10.2 Å². The van der Waals surface area contributed by atoms with Gasteiger partial charge in [0.2, 0.25) is 0 Å². The van der Waals surface area contributed by atoms with Gasteiger partial charge in [0.15, 0.2) is 5.13 Å². The maximum Gasteiger partial charge on any atom is 0.255 e. The highest BCUT2D eigenvalue weighted by atomic mass is 35.5. The zero-order chi connectivity index (χ0) is 19.0. The van der Waals surface area contributed by atoms with Gasteiger partial charge in [-0.25, -0.2) is 4.98 Å². The van der Waals surface area contributed by atoms with Crippen molar-refractivity contribution in [3.8, 4) is 0 Å². The molecule has 4 nitrogen and oxygen atoms in total. The van der Waals surface area contributed by atoms with Crippen LogP contribution in [0, 0.1) is 0 Å². The lowest BCUT2D eigenvalue weighted by molar-refractivity contribution is 0.0747. The average molecular weight is 438 g/mol. The van der Waals surface area contributed by atoms with Gasteiger partial charge in [0.25, 0.3) is 5.91 Å². The molecule has 1 aliphatic heterocycles. The third-order valence-corrected chi connectivity index (χ3v) is 6.95. The fourth-order valence-electron chi connectivity index (χ4n) is 3.09. The van der Waals surface area contributed by atoms with Crippen LogP contribution in [0.2, 0.25) is 10.0 Å². The van der Waals surface area contributed by atoms with E-state index >= 15 is 0 Å². The molecule has 0 saturated carbocycles. The molecular weight excluding hydrogens is 421 g/mol. The van der Waals surface area contributed by atoms with Gasteiger partial charge in [-0.1, -0.05) is 34.5 Å². The van der Waals surface area contributed by atoms with Crippen LogP contribution in [0.3, 0.4) is 0 Å². The summed E-state index contributed by atoms with van der Waals surface area (Å²) in [5.74, 6) is -0.0731. The van der Waals surface area contributed by atoms with Crippen molar-refractivity contribution < 1.29 is 4.79 Å². The van der Waals surface area contributed by atoms with Crippen molar-refractivity contribution in [1.82, 2.24) is 9.88 Å². The molecule has 3 aromatic rings. The number of benzene rings is 2. The summed E-state index contributed by atoms with van der Waals surface area (Å²) in [5.41, 5.74) is 1.49. The molecule has 0 spiro atoms. The van der Waals surface area contributed by atoms with E-state index in [1.54, 1.807) is 41.3 Å². The fourth-order valence-corrected chi connectivity index (χ4v) is 5.03. The predicted molar refractivity (Wildman–Crippen MR) is 116 cm³/mol. The molecule has 140 valence electrons. The predicted octanol–water partition coefficient (Wildman–Crippen LogP) is 5.29. The van der Waals surface area contributed by atoms with E-state index in [-0.39, 0.29) is 5.91 Å². The number of hydrogen-bond donors (Lipinski definition) is 0. The van der Waals surface area contributed by atoms with Crippen LogP contribution in [-0.2, 0) is 0 Å². The highest BCUT2D eigenvalue weighted by molar-refractivity contribution is 7.98. The van der Waals surface area contributed by atoms with Crippen LogP contribution in [0.1, 0.15) is 10.4 Å². The molecular formula is C19H17Cl2N3OS2. The van der Waals surface area contributed by atoms with Gasteiger partial charge in [0, 0.05) is 36.1 Å². The monoisotopic (exact) mass is 437 g/mol. The Balaban J connectivity index is 1.47. The first-order valence-corrected chi connectivity index (χ1v) is 11.3. The first-order chi connectivity index (χ1) is 13.0. The molecule has 0 unspecified atom stereocenters. The van der Waals surface area contributed by atoms with E-state index < -0.39 is 0 Å². The molecule has 1 saturated heterocycles. The Labute approximate surface area is 176 Å². The number of halogens is 2. The van der Waals surface area contributed by atoms with Gasteiger partial charge in [-0.3, -0.25) is 4.79 Å². The Morgan fingerprint density at radius 2 is 1.89 bits per heavy atom. The van der Waals surface area contributed by atoms with E-state index in [0.717, 1.165) is 23.7 Å². The van der Waals surface area contributed by atoms with Crippen LogP contribution < -0.4 is 4.90 Å². The van der Waals surface area contributed by atoms with Crippen molar-refractivity contribution in [3.05, 3.63) is 52.0 Å². The normalized spacial score (nSPS) is 14.8. The second kappa shape index (κ2) is 7.87. The SMILES string of the molecule is CSc1ccc2nc(N3CCN(C(=O)c4cc(Cl)ccc4Cl)CC3)sc2c1. The second-order valence-electron chi connectivity index (χ2n) is 6.23. The Hall–Kier alpha value is -1.47. The maximum absolute atomic E-state index is 12.8. The first-order valence-electron chi connectivity index (χ1n) is 8.49. The van der Waals surface area contributed by atoms with Gasteiger partial charge in [0.05, 0.1) is 20.8 Å². The standard InChI is InChI=1S/C19H17Cl2N3OS2/c1-26-13-3-5-16-17(11-13)27-19(22-16)24-8-6-23(7-9-24)18(25)14-10-12(20)2-4-15(14)21/h2-5,10-11H,6-9H2,1H3. The quantitative estimate of drug-likeness (QED) is 0.521. The molecule has 1 aliphatic rings. The van der Waals surface area contributed by atoms with Crippen molar-refractivity contribution >= 4 is 67.6 Å². The second-order valence-corrected chi connectivity index (χ2v) is 8.97. The summed E-state index contributed by atoms with van der Waals surface area (Å²) < 4.78 is 1.20. The van der Waals surface area contributed by atoms with Gasteiger partial charge in [0.1, 0.15) is 0 Å². The molecule has 0 atom stereocenters.